The maximum absolute atomic E-state index is 5.62. The number of anilines is 2. The van der Waals surface area contributed by atoms with Crippen molar-refractivity contribution in [2.24, 2.45) is 5.92 Å². The lowest BCUT2D eigenvalue weighted by Crippen LogP contribution is -2.29. The number of nitrogens with zero attached hydrogens (tertiary/aromatic N) is 2. The number of hydrogen-bond acceptors (Lipinski definition) is 3. The van der Waals surface area contributed by atoms with Crippen molar-refractivity contribution in [3.8, 4) is 0 Å². The van der Waals surface area contributed by atoms with E-state index in [1.807, 2.05) is 12.1 Å². The van der Waals surface area contributed by atoms with Gasteiger partial charge in [0, 0.05) is 13.1 Å². The average molecular weight is 207 g/mol. The number of nitrogens with two attached hydrogens (primary N) is 1. The Morgan fingerprint density at radius 1 is 1.40 bits per heavy atom. The van der Waals surface area contributed by atoms with Crippen LogP contribution in [-0.4, -0.2) is 18.1 Å². The van der Waals surface area contributed by atoms with Crippen molar-refractivity contribution >= 4 is 11.5 Å². The minimum absolute atomic E-state index is 0.649. The Kier molecular flexibility index (Phi) is 4.40. The summed E-state index contributed by atoms with van der Waals surface area (Å²) >= 11 is 0. The maximum Gasteiger partial charge on any atom is 0.128 e. The molecule has 0 aliphatic carbocycles. The number of rotatable bonds is 5. The maximum atomic E-state index is 5.62. The van der Waals surface area contributed by atoms with Gasteiger partial charge in [0.1, 0.15) is 5.82 Å². The van der Waals surface area contributed by atoms with E-state index in [0.29, 0.717) is 5.92 Å². The van der Waals surface area contributed by atoms with Crippen LogP contribution in [0.15, 0.2) is 18.3 Å². The van der Waals surface area contributed by atoms with Crippen LogP contribution in [0.3, 0.4) is 0 Å². The standard InChI is InChI=1S/C12H21N3/c1-4-7-15(9-10(2)3)12-6-5-11(13)8-14-12/h5-6,8,10H,4,7,9,13H2,1-3H3. The topological polar surface area (TPSA) is 42.1 Å². The first-order chi connectivity index (χ1) is 7.13. The predicted octanol–water partition coefficient (Wildman–Crippen LogP) is 2.54. The van der Waals surface area contributed by atoms with E-state index in [-0.39, 0.29) is 0 Å². The monoisotopic (exact) mass is 207 g/mol. The van der Waals surface area contributed by atoms with Gasteiger partial charge in [0.05, 0.1) is 11.9 Å². The van der Waals surface area contributed by atoms with Crippen LogP contribution in [0.4, 0.5) is 11.5 Å². The molecule has 0 amide bonds. The first-order valence-corrected chi connectivity index (χ1v) is 5.60. The van der Waals surface area contributed by atoms with Gasteiger partial charge in [-0.15, -0.1) is 0 Å². The fourth-order valence-corrected chi connectivity index (χ4v) is 1.59. The molecule has 0 unspecified atom stereocenters. The zero-order valence-corrected chi connectivity index (χ0v) is 9.90. The molecule has 1 aromatic heterocycles. The summed E-state index contributed by atoms with van der Waals surface area (Å²) in [4.78, 5) is 6.66. The number of pyridine rings is 1. The number of hydrogen-bond donors (Lipinski definition) is 1. The molecule has 1 heterocycles. The van der Waals surface area contributed by atoms with Gasteiger partial charge in [-0.25, -0.2) is 4.98 Å². The molecule has 0 aliphatic rings. The van der Waals surface area contributed by atoms with Crippen LogP contribution in [0.25, 0.3) is 0 Å². The average Bonchev–Trinajstić information content (AvgIpc) is 2.17. The summed E-state index contributed by atoms with van der Waals surface area (Å²) in [7, 11) is 0. The fraction of sp³-hybridized carbons (Fsp3) is 0.583. The van der Waals surface area contributed by atoms with E-state index < -0.39 is 0 Å². The summed E-state index contributed by atoms with van der Waals surface area (Å²) in [5.74, 6) is 1.68. The normalized spacial score (nSPS) is 10.7. The second kappa shape index (κ2) is 5.59. The molecule has 0 aromatic carbocycles. The third kappa shape index (κ3) is 3.78. The summed E-state index contributed by atoms with van der Waals surface area (Å²) in [6.07, 6.45) is 2.86. The molecule has 84 valence electrons. The highest BCUT2D eigenvalue weighted by Gasteiger charge is 2.08. The largest absolute Gasteiger partial charge is 0.397 e. The molecule has 0 aliphatic heterocycles. The van der Waals surface area contributed by atoms with Crippen molar-refractivity contribution in [2.75, 3.05) is 23.7 Å². The van der Waals surface area contributed by atoms with Crippen LogP contribution in [0.2, 0.25) is 0 Å². The minimum Gasteiger partial charge on any atom is -0.397 e. The Hall–Kier alpha value is -1.25. The van der Waals surface area contributed by atoms with E-state index in [4.69, 9.17) is 5.73 Å². The summed E-state index contributed by atoms with van der Waals surface area (Å²) in [6.45, 7) is 8.73. The Morgan fingerprint density at radius 3 is 2.60 bits per heavy atom. The lowest BCUT2D eigenvalue weighted by Gasteiger charge is -2.25. The van der Waals surface area contributed by atoms with Crippen LogP contribution in [-0.2, 0) is 0 Å². The second-order valence-electron chi connectivity index (χ2n) is 4.29. The smallest absolute Gasteiger partial charge is 0.128 e. The molecule has 0 spiro atoms. The highest BCUT2D eigenvalue weighted by atomic mass is 15.2. The molecular weight excluding hydrogens is 186 g/mol. The fourth-order valence-electron chi connectivity index (χ4n) is 1.59. The summed E-state index contributed by atoms with van der Waals surface area (Å²) in [5.41, 5.74) is 6.34. The molecule has 0 fully saturated rings. The van der Waals surface area contributed by atoms with E-state index in [2.05, 4.69) is 30.7 Å². The van der Waals surface area contributed by atoms with Crippen LogP contribution in [0.1, 0.15) is 27.2 Å². The van der Waals surface area contributed by atoms with Gasteiger partial charge in [0.15, 0.2) is 0 Å². The van der Waals surface area contributed by atoms with Gasteiger partial charge >= 0.3 is 0 Å². The molecule has 3 nitrogen and oxygen atoms in total. The molecular formula is C12H21N3. The molecule has 0 atom stereocenters. The van der Waals surface area contributed by atoms with E-state index in [0.717, 1.165) is 31.0 Å². The summed E-state index contributed by atoms with van der Waals surface area (Å²) in [5, 5.41) is 0. The van der Waals surface area contributed by atoms with Gasteiger partial charge in [0.2, 0.25) is 0 Å². The van der Waals surface area contributed by atoms with Gasteiger partial charge in [-0.05, 0) is 24.5 Å². The van der Waals surface area contributed by atoms with Crippen LogP contribution in [0.5, 0.6) is 0 Å². The van der Waals surface area contributed by atoms with Gasteiger partial charge < -0.3 is 10.6 Å². The van der Waals surface area contributed by atoms with Crippen LogP contribution >= 0.6 is 0 Å². The van der Waals surface area contributed by atoms with Crippen molar-refractivity contribution < 1.29 is 0 Å². The molecule has 1 rings (SSSR count). The quantitative estimate of drug-likeness (QED) is 0.806. The van der Waals surface area contributed by atoms with Crippen LogP contribution < -0.4 is 10.6 Å². The summed E-state index contributed by atoms with van der Waals surface area (Å²) in [6, 6.07) is 3.90. The lowest BCUT2D eigenvalue weighted by atomic mass is 10.2. The third-order valence-corrected chi connectivity index (χ3v) is 2.17. The first kappa shape index (κ1) is 11.8. The van der Waals surface area contributed by atoms with Crippen molar-refractivity contribution in [1.29, 1.82) is 0 Å². The van der Waals surface area contributed by atoms with E-state index in [9.17, 15) is 0 Å². The third-order valence-electron chi connectivity index (χ3n) is 2.17. The zero-order valence-electron chi connectivity index (χ0n) is 9.90. The zero-order chi connectivity index (χ0) is 11.3. The second-order valence-corrected chi connectivity index (χ2v) is 4.29. The molecule has 15 heavy (non-hydrogen) atoms. The predicted molar refractivity (Wildman–Crippen MR) is 66.0 cm³/mol. The van der Waals surface area contributed by atoms with Crippen molar-refractivity contribution in [2.45, 2.75) is 27.2 Å². The molecule has 3 heteroatoms. The molecule has 2 N–H and O–H groups in total. The number of nitrogen functional groups attached to an aromatic ring is 1. The van der Waals surface area contributed by atoms with Gasteiger partial charge in [-0.2, -0.15) is 0 Å². The van der Waals surface area contributed by atoms with Crippen molar-refractivity contribution in [1.82, 2.24) is 4.98 Å². The van der Waals surface area contributed by atoms with Crippen molar-refractivity contribution in [3.05, 3.63) is 18.3 Å². The molecule has 0 saturated carbocycles. The Morgan fingerprint density at radius 2 is 2.13 bits per heavy atom. The first-order valence-electron chi connectivity index (χ1n) is 5.60. The molecule has 0 saturated heterocycles. The van der Waals surface area contributed by atoms with Gasteiger partial charge in [0.25, 0.3) is 0 Å². The van der Waals surface area contributed by atoms with Crippen molar-refractivity contribution in [3.63, 3.8) is 0 Å². The number of aromatic nitrogens is 1. The Balaban J connectivity index is 2.74. The lowest BCUT2D eigenvalue weighted by molar-refractivity contribution is 0.602. The molecule has 0 bridgehead atoms. The highest BCUT2D eigenvalue weighted by molar-refractivity contribution is 5.45. The van der Waals surface area contributed by atoms with Gasteiger partial charge in [-0.3, -0.25) is 0 Å². The van der Waals surface area contributed by atoms with Crippen LogP contribution in [0, 0.1) is 5.92 Å². The minimum atomic E-state index is 0.649. The SMILES string of the molecule is CCCN(CC(C)C)c1ccc(N)cn1. The molecule has 1 aromatic rings. The molecule has 0 radical (unpaired) electrons. The van der Waals surface area contributed by atoms with E-state index >= 15 is 0 Å². The van der Waals surface area contributed by atoms with E-state index in [1.54, 1.807) is 6.20 Å². The highest BCUT2D eigenvalue weighted by Crippen LogP contribution is 2.14. The summed E-state index contributed by atoms with van der Waals surface area (Å²) < 4.78 is 0. The van der Waals surface area contributed by atoms with E-state index in [1.165, 1.54) is 0 Å². The van der Waals surface area contributed by atoms with Gasteiger partial charge in [-0.1, -0.05) is 20.8 Å². The Bertz CT molecular complexity index is 279. The Labute approximate surface area is 92.3 Å².